The second-order valence-corrected chi connectivity index (χ2v) is 41.8. The van der Waals surface area contributed by atoms with E-state index in [2.05, 4.69) is 507 Å². The second-order valence-electron chi connectivity index (χ2n) is 41.8. The van der Waals surface area contributed by atoms with Crippen molar-refractivity contribution in [1.29, 1.82) is 0 Å². The summed E-state index contributed by atoms with van der Waals surface area (Å²) in [5.41, 5.74) is 49.5. The Labute approximate surface area is 832 Å². The minimum absolute atomic E-state index is 0.115. The lowest BCUT2D eigenvalue weighted by Gasteiger charge is -2.22. The van der Waals surface area contributed by atoms with Gasteiger partial charge in [-0.1, -0.05) is 327 Å². The zero-order chi connectivity index (χ0) is 95.2. The van der Waals surface area contributed by atoms with E-state index in [1.54, 1.807) is 0 Å². The molecule has 27 aromatic rings. The molecule has 7 heteroatoms. The predicted molar refractivity (Wildman–Crippen MR) is 601 cm³/mol. The third kappa shape index (κ3) is 11.3. The Balaban J connectivity index is 0.511. The average molecular weight is 1840 g/mol. The van der Waals surface area contributed by atoms with Crippen LogP contribution >= 0.6 is 0 Å². The maximum Gasteiger partial charge on any atom is 0.160 e. The molecule has 144 heavy (non-hydrogen) atoms. The summed E-state index contributed by atoms with van der Waals surface area (Å²) in [6.45, 7) is 14.2. The summed E-state index contributed by atoms with van der Waals surface area (Å²) in [5, 5.41) is 14.5. The van der Waals surface area contributed by atoms with E-state index in [4.69, 9.17) is 9.97 Å². The van der Waals surface area contributed by atoms with Crippen LogP contribution in [0.4, 0.5) is 0 Å². The zero-order valence-corrected chi connectivity index (χ0v) is 80.3. The molecular formula is C137H91N7. The zero-order valence-electron chi connectivity index (χ0n) is 80.3. The van der Waals surface area contributed by atoms with Gasteiger partial charge in [-0.05, 0) is 285 Å². The van der Waals surface area contributed by atoms with Gasteiger partial charge >= 0.3 is 0 Å². The normalized spacial score (nSPS) is 13.8. The number of hydrogen-bond acceptors (Lipinski definition) is 2. The molecule has 0 atom stereocenters. The standard InChI is InChI=1S/C137H91N7/c1-135(2)114-39-17-10-30-95(114)98-59-56-91(77-117(98)135)142-121-43-21-14-34-102(121)109-72-83(49-65-125(109)142)82-48-64-124-108(71-82)101-33-13-20-42-120(101)141(124)90-29-24-28-88(70-90)132-131-106-63-62-94(105-37-25-38-107(130(105)106)133(131)139-134(138-132)81-26-8-7-9-27-81)80-46-54-89(55-47-80)140-128-68-52-86(84-50-66-126-110(73-84)103-35-15-22-44-122(103)143(126)92-57-60-99-96-31-11-18-40-115(96)136(3,4)118(99)78-92)75-112(128)113-76-87(53-69-129(113)140)85-51-67-127-111(74-85)104-36-16-23-45-123(104)144(127)93-58-61-100-97-32-12-19-41-116(97)137(5,6)119(100)79-93/h7-79H,1-6H3. The average Bonchev–Trinajstić information content (AvgIpc) is 1.57. The van der Waals surface area contributed by atoms with Gasteiger partial charge in [0.2, 0.25) is 0 Å². The number of hydrogen-bond donors (Lipinski definition) is 0. The van der Waals surface area contributed by atoms with Gasteiger partial charge < -0.3 is 22.8 Å². The van der Waals surface area contributed by atoms with E-state index in [1.807, 2.05) is 0 Å². The van der Waals surface area contributed by atoms with Crippen LogP contribution < -0.4 is 0 Å². The van der Waals surface area contributed by atoms with Gasteiger partial charge in [-0.3, -0.25) is 0 Å². The van der Waals surface area contributed by atoms with Crippen molar-refractivity contribution in [2.24, 2.45) is 0 Å². The molecule has 0 saturated heterocycles. The van der Waals surface area contributed by atoms with Crippen molar-refractivity contribution in [2.45, 2.75) is 57.8 Å². The van der Waals surface area contributed by atoms with E-state index in [9.17, 15) is 0 Å². The molecule has 0 radical (unpaired) electrons. The molecule has 0 aliphatic heterocycles. The predicted octanol–water partition coefficient (Wildman–Crippen LogP) is 35.7. The van der Waals surface area contributed by atoms with Crippen molar-refractivity contribution in [2.75, 3.05) is 0 Å². The van der Waals surface area contributed by atoms with Crippen LogP contribution in [0, 0.1) is 0 Å². The van der Waals surface area contributed by atoms with Crippen LogP contribution in [-0.4, -0.2) is 32.8 Å². The highest BCUT2D eigenvalue weighted by atomic mass is 15.0. The van der Waals surface area contributed by atoms with Crippen LogP contribution in [0.3, 0.4) is 0 Å². The Bertz CT molecular complexity index is 10100. The molecule has 7 nitrogen and oxygen atoms in total. The summed E-state index contributed by atoms with van der Waals surface area (Å²) in [6.07, 6.45) is 0. The van der Waals surface area contributed by atoms with Crippen molar-refractivity contribution >= 4 is 120 Å². The van der Waals surface area contributed by atoms with Gasteiger partial charge in [0.25, 0.3) is 0 Å². The lowest BCUT2D eigenvalue weighted by molar-refractivity contribution is 0.660. The third-order valence-electron chi connectivity index (χ3n) is 33.3. The molecule has 0 fully saturated rings. The van der Waals surface area contributed by atoms with Gasteiger partial charge in [0.1, 0.15) is 0 Å². The molecule has 0 N–H and O–H groups in total. The Morgan fingerprint density at radius 1 is 0.160 bits per heavy atom. The van der Waals surface area contributed by atoms with Gasteiger partial charge in [0.05, 0.1) is 66.6 Å². The molecule has 6 heterocycles. The summed E-state index contributed by atoms with van der Waals surface area (Å²) >= 11 is 0. The van der Waals surface area contributed by atoms with Crippen molar-refractivity contribution < 1.29 is 0 Å². The molecule has 4 aliphatic carbocycles. The van der Waals surface area contributed by atoms with Gasteiger partial charge in [0, 0.05) is 121 Å². The number of nitrogens with zero attached hydrogens (tertiary/aromatic N) is 7. The lowest BCUT2D eigenvalue weighted by Crippen LogP contribution is -2.15. The quantitative estimate of drug-likeness (QED) is 0.130. The largest absolute Gasteiger partial charge is 0.309 e. The fourth-order valence-electron chi connectivity index (χ4n) is 26.4. The second kappa shape index (κ2) is 29.5. The molecule has 0 amide bonds. The minimum atomic E-state index is -0.133. The third-order valence-corrected chi connectivity index (χ3v) is 33.3. The molecule has 0 unspecified atom stereocenters. The maximum absolute atomic E-state index is 5.70. The number of rotatable bonds is 11. The summed E-state index contributed by atoms with van der Waals surface area (Å²) in [5.74, 6) is 0.687. The molecular weight excluding hydrogens is 1740 g/mol. The highest BCUT2D eigenvalue weighted by Crippen LogP contribution is 2.57. The molecule has 6 aromatic heterocycles. The topological polar surface area (TPSA) is 50.4 Å². The highest BCUT2D eigenvalue weighted by molar-refractivity contribution is 6.22. The van der Waals surface area contributed by atoms with Crippen molar-refractivity contribution in [3.63, 3.8) is 0 Å². The first-order valence-corrected chi connectivity index (χ1v) is 50.4. The van der Waals surface area contributed by atoms with Crippen LogP contribution in [0.5, 0.6) is 0 Å². The van der Waals surface area contributed by atoms with Crippen molar-refractivity contribution in [3.8, 4) is 151 Å². The van der Waals surface area contributed by atoms with Gasteiger partial charge in [-0.15, -0.1) is 0 Å². The molecule has 674 valence electrons. The van der Waals surface area contributed by atoms with Crippen LogP contribution in [-0.2, 0) is 16.2 Å². The SMILES string of the molecule is CC1(C)c2ccccc2-c2ccc(-n3c4ccccc4c4cc(-c5ccc6c(c5)c5ccccc5n6-c5cccc(-c6nc(-c7ccccc7)nc7c6-c6ccc(-c8ccc(-n9c%10ccc(-c%11ccc%12c(c%11)c%11ccccc%11n%12-c%11ccc%12c(c%11)C(C)(C)c%11ccccc%11-%12)cc%10c%10cc(-c%11ccc%12c(c%11)c%11ccccc%11n%12-c%11ccc%12c(c%11)C(C)(C)c%11ccccc%11-%12)ccc%109)cc8)c8cccc-7c68)c5)ccc43)cc21. The van der Waals surface area contributed by atoms with Crippen LogP contribution in [0.1, 0.15) is 74.9 Å². The van der Waals surface area contributed by atoms with E-state index in [0.29, 0.717) is 5.82 Å². The summed E-state index contributed by atoms with van der Waals surface area (Å²) in [4.78, 5) is 11.3. The van der Waals surface area contributed by atoms with Crippen LogP contribution in [0.2, 0.25) is 0 Å². The van der Waals surface area contributed by atoms with Crippen LogP contribution in [0.25, 0.3) is 271 Å². The fraction of sp³-hybridized carbons (Fsp3) is 0.0657. The van der Waals surface area contributed by atoms with Gasteiger partial charge in [-0.2, -0.15) is 0 Å². The van der Waals surface area contributed by atoms with Gasteiger partial charge in [-0.25, -0.2) is 9.97 Å². The molecule has 0 saturated carbocycles. The Kier molecular flexibility index (Phi) is 16.6. The first-order chi connectivity index (χ1) is 70.7. The first-order valence-electron chi connectivity index (χ1n) is 50.4. The van der Waals surface area contributed by atoms with E-state index in [1.165, 1.54) is 204 Å². The number of benzene rings is 21. The van der Waals surface area contributed by atoms with Crippen molar-refractivity contribution in [1.82, 2.24) is 32.8 Å². The summed E-state index contributed by atoms with van der Waals surface area (Å²) < 4.78 is 12.4. The van der Waals surface area contributed by atoms with Crippen LogP contribution in [0.15, 0.2) is 443 Å². The smallest absolute Gasteiger partial charge is 0.160 e. The first kappa shape index (κ1) is 80.9. The number of aromatic nitrogens is 7. The Morgan fingerprint density at radius 3 is 0.840 bits per heavy atom. The number of para-hydroxylation sites is 4. The van der Waals surface area contributed by atoms with Gasteiger partial charge in [0.15, 0.2) is 5.82 Å². The molecule has 4 aliphatic rings. The van der Waals surface area contributed by atoms with E-state index >= 15 is 0 Å². The molecule has 21 aromatic carbocycles. The monoisotopic (exact) mass is 1830 g/mol. The molecule has 31 rings (SSSR count). The lowest BCUT2D eigenvalue weighted by atomic mass is 9.82. The Hall–Kier alpha value is -18.0. The van der Waals surface area contributed by atoms with Crippen molar-refractivity contribution in [3.05, 3.63) is 476 Å². The number of fused-ring (bicyclic) bond motifs is 27. The minimum Gasteiger partial charge on any atom is -0.309 e. The fourth-order valence-corrected chi connectivity index (χ4v) is 26.4. The molecule has 0 spiro atoms. The Morgan fingerprint density at radius 2 is 0.438 bits per heavy atom. The summed E-state index contributed by atoms with van der Waals surface area (Å²) in [7, 11) is 0. The van der Waals surface area contributed by atoms with E-state index < -0.39 is 0 Å². The molecule has 0 bridgehead atoms. The maximum atomic E-state index is 5.70. The van der Waals surface area contributed by atoms with E-state index in [-0.39, 0.29) is 16.2 Å². The van der Waals surface area contributed by atoms with E-state index in [0.717, 1.165) is 94.9 Å². The summed E-state index contributed by atoms with van der Waals surface area (Å²) in [6, 6.07) is 167. The highest BCUT2D eigenvalue weighted by Gasteiger charge is 2.40.